The molecule has 0 bridgehead atoms. The number of ether oxygens (including phenoxy) is 1. The molecule has 1 aromatic heterocycles. The summed E-state index contributed by atoms with van der Waals surface area (Å²) < 4.78 is 5.89. The van der Waals surface area contributed by atoms with Crippen LogP contribution in [-0.4, -0.2) is 30.3 Å². The number of anilines is 1. The van der Waals surface area contributed by atoms with Crippen molar-refractivity contribution in [2.24, 2.45) is 5.73 Å². The Balaban J connectivity index is 1.98. The van der Waals surface area contributed by atoms with Crippen molar-refractivity contribution in [1.82, 2.24) is 4.98 Å². The first-order valence-electron chi connectivity index (χ1n) is 4.98. The van der Waals surface area contributed by atoms with E-state index in [0.29, 0.717) is 6.54 Å². The van der Waals surface area contributed by atoms with Gasteiger partial charge in [-0.05, 0) is 28.1 Å². The number of hydrogen-bond donors (Lipinski definition) is 1. The lowest BCUT2D eigenvalue weighted by molar-refractivity contribution is 0.117. The van der Waals surface area contributed by atoms with E-state index >= 15 is 0 Å². The summed E-state index contributed by atoms with van der Waals surface area (Å²) in [6.45, 7) is 1.48. The minimum absolute atomic E-state index is 0.122. The number of carbonyl (C=O) groups is 1. The Morgan fingerprint density at radius 1 is 1.62 bits per heavy atom. The van der Waals surface area contributed by atoms with Crippen molar-refractivity contribution in [1.29, 1.82) is 0 Å². The second kappa shape index (κ2) is 4.69. The van der Waals surface area contributed by atoms with Crippen LogP contribution in [0.5, 0.6) is 0 Å². The third-order valence-corrected chi connectivity index (χ3v) is 2.93. The van der Waals surface area contributed by atoms with Gasteiger partial charge in [0.1, 0.15) is 11.9 Å². The van der Waals surface area contributed by atoms with Crippen LogP contribution in [0.3, 0.4) is 0 Å². The second-order valence-corrected chi connectivity index (χ2v) is 4.54. The fraction of sp³-hybridized carbons (Fsp3) is 0.400. The first kappa shape index (κ1) is 11.2. The van der Waals surface area contributed by atoms with Crippen molar-refractivity contribution < 1.29 is 9.53 Å². The monoisotopic (exact) mass is 285 g/mol. The van der Waals surface area contributed by atoms with Gasteiger partial charge in [0, 0.05) is 23.6 Å². The van der Waals surface area contributed by atoms with E-state index in [2.05, 4.69) is 25.8 Å². The Bertz CT molecular complexity index is 382. The summed E-state index contributed by atoms with van der Waals surface area (Å²) in [6.07, 6.45) is 1.71. The predicted molar refractivity (Wildman–Crippen MR) is 63.2 cm³/mol. The van der Waals surface area contributed by atoms with Crippen LogP contribution in [0.25, 0.3) is 0 Å². The van der Waals surface area contributed by atoms with Crippen molar-refractivity contribution in [2.45, 2.75) is 12.5 Å². The van der Waals surface area contributed by atoms with Crippen molar-refractivity contribution >= 4 is 27.8 Å². The molecule has 0 aliphatic carbocycles. The maximum atomic E-state index is 10.6. The van der Waals surface area contributed by atoms with Crippen LogP contribution >= 0.6 is 15.9 Å². The molecule has 0 spiro atoms. The molecule has 86 valence electrons. The molecule has 1 fully saturated rings. The summed E-state index contributed by atoms with van der Waals surface area (Å²) in [5, 5.41) is 0. The number of halogens is 1. The van der Waals surface area contributed by atoms with Gasteiger partial charge in [0.25, 0.3) is 0 Å². The minimum Gasteiger partial charge on any atom is -0.444 e. The molecule has 1 aromatic rings. The van der Waals surface area contributed by atoms with Crippen LogP contribution in [0, 0.1) is 0 Å². The summed E-state index contributed by atoms with van der Waals surface area (Å²) in [5.41, 5.74) is 4.97. The lowest BCUT2D eigenvalue weighted by Crippen LogP contribution is -2.27. The number of pyridine rings is 1. The van der Waals surface area contributed by atoms with Gasteiger partial charge in [-0.2, -0.15) is 0 Å². The molecule has 2 N–H and O–H groups in total. The molecule has 1 aliphatic heterocycles. The molecule has 16 heavy (non-hydrogen) atoms. The highest BCUT2D eigenvalue weighted by molar-refractivity contribution is 9.10. The van der Waals surface area contributed by atoms with Gasteiger partial charge in [-0.1, -0.05) is 0 Å². The SMILES string of the molecule is NC(=O)O[C@H]1CCN(c2ccc(Br)cn2)C1. The number of nitrogens with zero attached hydrogens (tertiary/aromatic N) is 2. The van der Waals surface area contributed by atoms with Gasteiger partial charge in [0.05, 0.1) is 6.54 Å². The fourth-order valence-electron chi connectivity index (χ4n) is 1.75. The van der Waals surface area contributed by atoms with Crippen LogP contribution in [0.4, 0.5) is 10.6 Å². The van der Waals surface area contributed by atoms with Gasteiger partial charge in [-0.3, -0.25) is 0 Å². The van der Waals surface area contributed by atoms with Crippen molar-refractivity contribution in [3.05, 3.63) is 22.8 Å². The molecule has 2 rings (SSSR count). The third kappa shape index (κ3) is 2.63. The summed E-state index contributed by atoms with van der Waals surface area (Å²) in [5.74, 6) is 0.888. The number of primary amides is 1. The first-order chi connectivity index (χ1) is 7.65. The van der Waals surface area contributed by atoms with E-state index in [0.717, 1.165) is 23.3 Å². The molecule has 0 saturated carbocycles. The summed E-state index contributed by atoms with van der Waals surface area (Å²) in [7, 11) is 0. The van der Waals surface area contributed by atoms with Crippen LogP contribution in [0.2, 0.25) is 0 Å². The van der Waals surface area contributed by atoms with Crippen LogP contribution < -0.4 is 10.6 Å². The zero-order valence-electron chi connectivity index (χ0n) is 8.60. The normalized spacial score (nSPS) is 19.8. The molecule has 0 aromatic carbocycles. The first-order valence-corrected chi connectivity index (χ1v) is 5.77. The highest BCUT2D eigenvalue weighted by atomic mass is 79.9. The quantitative estimate of drug-likeness (QED) is 0.895. The predicted octanol–water partition coefficient (Wildman–Crippen LogP) is 1.52. The van der Waals surface area contributed by atoms with E-state index < -0.39 is 6.09 Å². The number of aromatic nitrogens is 1. The van der Waals surface area contributed by atoms with Crippen LogP contribution in [0.15, 0.2) is 22.8 Å². The number of rotatable bonds is 2. The Morgan fingerprint density at radius 2 is 2.44 bits per heavy atom. The fourth-order valence-corrected chi connectivity index (χ4v) is 1.99. The largest absolute Gasteiger partial charge is 0.444 e. The van der Waals surface area contributed by atoms with Gasteiger partial charge in [-0.15, -0.1) is 0 Å². The van der Waals surface area contributed by atoms with E-state index in [1.807, 2.05) is 12.1 Å². The maximum Gasteiger partial charge on any atom is 0.404 e. The average molecular weight is 286 g/mol. The van der Waals surface area contributed by atoms with Crippen LogP contribution in [-0.2, 0) is 4.74 Å². The molecule has 5 nitrogen and oxygen atoms in total. The Hall–Kier alpha value is -1.30. The van der Waals surface area contributed by atoms with Crippen molar-refractivity contribution in [3.8, 4) is 0 Å². The Labute approximate surface area is 102 Å². The minimum atomic E-state index is -0.712. The summed E-state index contributed by atoms with van der Waals surface area (Å²) >= 11 is 3.33. The molecule has 1 saturated heterocycles. The smallest absolute Gasteiger partial charge is 0.404 e. The summed E-state index contributed by atoms with van der Waals surface area (Å²) in [4.78, 5) is 17.0. The highest BCUT2D eigenvalue weighted by Gasteiger charge is 2.25. The molecule has 0 unspecified atom stereocenters. The van der Waals surface area contributed by atoms with Gasteiger partial charge < -0.3 is 15.4 Å². The van der Waals surface area contributed by atoms with Gasteiger partial charge in [0.15, 0.2) is 0 Å². The second-order valence-electron chi connectivity index (χ2n) is 3.63. The van der Waals surface area contributed by atoms with E-state index in [1.165, 1.54) is 0 Å². The Kier molecular flexibility index (Phi) is 3.28. The zero-order valence-corrected chi connectivity index (χ0v) is 10.2. The zero-order chi connectivity index (χ0) is 11.5. The molecule has 0 radical (unpaired) electrons. The highest BCUT2D eigenvalue weighted by Crippen LogP contribution is 2.21. The molecule has 2 heterocycles. The van der Waals surface area contributed by atoms with Crippen LogP contribution in [0.1, 0.15) is 6.42 Å². The topological polar surface area (TPSA) is 68.5 Å². The van der Waals surface area contributed by atoms with Crippen molar-refractivity contribution in [2.75, 3.05) is 18.0 Å². The Morgan fingerprint density at radius 3 is 3.06 bits per heavy atom. The lowest BCUT2D eigenvalue weighted by atomic mass is 10.3. The number of hydrogen-bond acceptors (Lipinski definition) is 4. The molecular weight excluding hydrogens is 274 g/mol. The lowest BCUT2D eigenvalue weighted by Gasteiger charge is -2.16. The summed E-state index contributed by atoms with van der Waals surface area (Å²) in [6, 6.07) is 3.86. The van der Waals surface area contributed by atoms with Crippen molar-refractivity contribution in [3.63, 3.8) is 0 Å². The van der Waals surface area contributed by atoms with E-state index in [1.54, 1.807) is 6.20 Å². The number of carbonyl (C=O) groups excluding carboxylic acids is 1. The van der Waals surface area contributed by atoms with E-state index in [-0.39, 0.29) is 6.10 Å². The molecule has 1 aliphatic rings. The number of amides is 1. The van der Waals surface area contributed by atoms with E-state index in [4.69, 9.17) is 10.5 Å². The molecule has 1 atom stereocenters. The van der Waals surface area contributed by atoms with Gasteiger partial charge in [-0.25, -0.2) is 9.78 Å². The maximum absolute atomic E-state index is 10.6. The third-order valence-electron chi connectivity index (χ3n) is 2.46. The molecular formula is C10H12BrN3O2. The number of nitrogens with two attached hydrogens (primary N) is 1. The molecule has 6 heteroatoms. The molecule has 1 amide bonds. The standard InChI is InChI=1S/C10H12BrN3O2/c11-7-1-2-9(13-5-7)14-4-3-8(6-14)16-10(12)15/h1-2,5,8H,3-4,6H2,(H2,12,15)/t8-/m0/s1. The van der Waals surface area contributed by atoms with Gasteiger partial charge >= 0.3 is 6.09 Å². The van der Waals surface area contributed by atoms with Gasteiger partial charge in [0.2, 0.25) is 0 Å². The average Bonchev–Trinajstić information content (AvgIpc) is 2.66. The van der Waals surface area contributed by atoms with E-state index in [9.17, 15) is 4.79 Å².